The quantitative estimate of drug-likeness (QED) is 0.461. The highest BCUT2D eigenvalue weighted by Crippen LogP contribution is 2.16. The molecule has 0 unspecified atom stereocenters. The highest BCUT2D eigenvalue weighted by molar-refractivity contribution is 9.10. The molecule has 0 saturated heterocycles. The zero-order valence-corrected chi connectivity index (χ0v) is 16.8. The van der Waals surface area contributed by atoms with E-state index >= 15 is 0 Å². The van der Waals surface area contributed by atoms with Crippen LogP contribution in [0.15, 0.2) is 82.5 Å². The summed E-state index contributed by atoms with van der Waals surface area (Å²) >= 11 is 3.44. The van der Waals surface area contributed by atoms with Gasteiger partial charge in [0, 0.05) is 28.1 Å². The molecular formula is C21H19BrN4O2. The number of carbonyl (C=O) groups excluding carboxylic acids is 1. The SMILES string of the molecule is COc1cccc(C(=O)NC(=NCc2ccncc2)Nc2cccc(Br)c2)c1. The number of carbonyl (C=O) groups is 1. The maximum absolute atomic E-state index is 12.7. The first kappa shape index (κ1) is 19.6. The number of guanidine groups is 1. The summed E-state index contributed by atoms with van der Waals surface area (Å²) in [5, 5.41) is 6.00. The number of halogens is 1. The normalized spacial score (nSPS) is 11.0. The van der Waals surface area contributed by atoms with Crippen molar-refractivity contribution in [2.45, 2.75) is 6.54 Å². The fraction of sp³-hybridized carbons (Fsp3) is 0.0952. The van der Waals surface area contributed by atoms with Crippen molar-refractivity contribution in [3.63, 3.8) is 0 Å². The third-order valence-electron chi connectivity index (χ3n) is 3.82. The Labute approximate surface area is 171 Å². The van der Waals surface area contributed by atoms with Gasteiger partial charge < -0.3 is 10.1 Å². The maximum atomic E-state index is 12.7. The van der Waals surface area contributed by atoms with Crippen LogP contribution in [0.25, 0.3) is 0 Å². The number of anilines is 1. The monoisotopic (exact) mass is 438 g/mol. The molecule has 0 aliphatic rings. The molecule has 0 radical (unpaired) electrons. The molecule has 2 N–H and O–H groups in total. The van der Waals surface area contributed by atoms with Crippen LogP contribution in [-0.2, 0) is 6.54 Å². The van der Waals surface area contributed by atoms with Gasteiger partial charge in [-0.2, -0.15) is 0 Å². The molecule has 7 heteroatoms. The van der Waals surface area contributed by atoms with Gasteiger partial charge in [-0.1, -0.05) is 28.1 Å². The summed E-state index contributed by atoms with van der Waals surface area (Å²) < 4.78 is 6.11. The van der Waals surface area contributed by atoms with Gasteiger partial charge >= 0.3 is 0 Å². The van der Waals surface area contributed by atoms with E-state index in [1.165, 1.54) is 0 Å². The largest absolute Gasteiger partial charge is 0.497 e. The number of ether oxygens (including phenoxy) is 1. The number of hydrogen-bond acceptors (Lipinski definition) is 4. The Kier molecular flexibility index (Phi) is 6.75. The predicted octanol–water partition coefficient (Wildman–Crippen LogP) is 4.25. The van der Waals surface area contributed by atoms with Crippen LogP contribution in [0.5, 0.6) is 5.75 Å². The second-order valence-corrected chi connectivity index (χ2v) is 6.76. The Morgan fingerprint density at radius 1 is 1.11 bits per heavy atom. The number of hydrogen-bond donors (Lipinski definition) is 2. The number of nitrogens with zero attached hydrogens (tertiary/aromatic N) is 2. The molecule has 3 aromatic rings. The first-order chi connectivity index (χ1) is 13.6. The molecule has 0 spiro atoms. The van der Waals surface area contributed by atoms with Crippen molar-refractivity contribution in [1.82, 2.24) is 10.3 Å². The molecule has 3 rings (SSSR count). The van der Waals surface area contributed by atoms with Gasteiger partial charge in [0.05, 0.1) is 13.7 Å². The van der Waals surface area contributed by atoms with Crippen LogP contribution in [0.1, 0.15) is 15.9 Å². The fourth-order valence-electron chi connectivity index (χ4n) is 2.42. The molecule has 6 nitrogen and oxygen atoms in total. The summed E-state index contributed by atoms with van der Waals surface area (Å²) in [6.07, 6.45) is 3.42. The zero-order chi connectivity index (χ0) is 19.8. The number of aromatic nitrogens is 1. The van der Waals surface area contributed by atoms with Crippen LogP contribution < -0.4 is 15.4 Å². The molecular weight excluding hydrogens is 420 g/mol. The van der Waals surface area contributed by atoms with Crippen molar-refractivity contribution in [3.05, 3.63) is 88.7 Å². The van der Waals surface area contributed by atoms with E-state index in [0.29, 0.717) is 23.8 Å². The average Bonchev–Trinajstić information content (AvgIpc) is 2.73. The van der Waals surface area contributed by atoms with E-state index in [4.69, 9.17) is 4.74 Å². The Morgan fingerprint density at radius 3 is 2.64 bits per heavy atom. The molecule has 0 fully saturated rings. The molecule has 1 amide bonds. The average molecular weight is 439 g/mol. The Bertz CT molecular complexity index is 977. The van der Waals surface area contributed by atoms with Crippen molar-refractivity contribution in [3.8, 4) is 5.75 Å². The standard InChI is InChI=1S/C21H19BrN4O2/c1-28-19-7-2-4-16(12-19)20(27)26-21(24-14-15-8-10-23-11-9-15)25-18-6-3-5-17(22)13-18/h2-13H,14H2,1H3,(H2,24,25,26,27). The minimum absolute atomic E-state index is 0.283. The summed E-state index contributed by atoms with van der Waals surface area (Å²) in [4.78, 5) is 21.2. The first-order valence-electron chi connectivity index (χ1n) is 8.55. The lowest BCUT2D eigenvalue weighted by Crippen LogP contribution is -2.36. The molecule has 0 aliphatic heterocycles. The first-order valence-corrected chi connectivity index (χ1v) is 9.35. The summed E-state index contributed by atoms with van der Waals surface area (Å²) in [6, 6.07) is 18.3. The van der Waals surface area contributed by atoms with Crippen LogP contribution in [0, 0.1) is 0 Å². The lowest BCUT2D eigenvalue weighted by atomic mass is 10.2. The van der Waals surface area contributed by atoms with Crippen LogP contribution in [-0.4, -0.2) is 24.0 Å². The van der Waals surface area contributed by atoms with Crippen molar-refractivity contribution >= 4 is 33.5 Å². The number of aliphatic imine (C=N–C) groups is 1. The molecule has 0 atom stereocenters. The molecule has 28 heavy (non-hydrogen) atoms. The second-order valence-electron chi connectivity index (χ2n) is 5.84. The van der Waals surface area contributed by atoms with Crippen molar-refractivity contribution in [1.29, 1.82) is 0 Å². The van der Waals surface area contributed by atoms with Gasteiger partial charge in [0.15, 0.2) is 0 Å². The summed E-state index contributed by atoms with van der Waals surface area (Å²) in [7, 11) is 1.56. The van der Waals surface area contributed by atoms with E-state index in [0.717, 1.165) is 15.7 Å². The van der Waals surface area contributed by atoms with Crippen LogP contribution in [0.4, 0.5) is 5.69 Å². The molecule has 1 heterocycles. The van der Waals surface area contributed by atoms with E-state index in [9.17, 15) is 4.79 Å². The van der Waals surface area contributed by atoms with E-state index < -0.39 is 0 Å². The third kappa shape index (κ3) is 5.65. The van der Waals surface area contributed by atoms with E-state index in [-0.39, 0.29) is 5.91 Å². The van der Waals surface area contributed by atoms with Crippen LogP contribution in [0.2, 0.25) is 0 Å². The number of pyridine rings is 1. The molecule has 0 bridgehead atoms. The van der Waals surface area contributed by atoms with Crippen molar-refractivity contribution in [2.24, 2.45) is 4.99 Å². The van der Waals surface area contributed by atoms with Gasteiger partial charge in [-0.25, -0.2) is 4.99 Å². The minimum atomic E-state index is -0.283. The predicted molar refractivity (Wildman–Crippen MR) is 114 cm³/mol. The van der Waals surface area contributed by atoms with E-state index in [2.05, 4.69) is 36.5 Å². The summed E-state index contributed by atoms with van der Waals surface area (Å²) in [5.41, 5.74) is 2.26. The Hall–Kier alpha value is -3.19. The number of rotatable bonds is 5. The van der Waals surface area contributed by atoms with E-state index in [1.807, 2.05) is 36.4 Å². The number of amides is 1. The highest BCUT2D eigenvalue weighted by Gasteiger charge is 2.10. The number of methoxy groups -OCH3 is 1. The van der Waals surface area contributed by atoms with Crippen molar-refractivity contribution in [2.75, 3.05) is 12.4 Å². The van der Waals surface area contributed by atoms with Gasteiger partial charge in [-0.15, -0.1) is 0 Å². The molecule has 0 aliphatic carbocycles. The lowest BCUT2D eigenvalue weighted by molar-refractivity contribution is 0.0976. The molecule has 142 valence electrons. The van der Waals surface area contributed by atoms with Gasteiger partial charge in [0.1, 0.15) is 5.75 Å². The van der Waals surface area contributed by atoms with E-state index in [1.54, 1.807) is 43.8 Å². The fourth-order valence-corrected chi connectivity index (χ4v) is 2.82. The number of nitrogens with one attached hydrogen (secondary N) is 2. The third-order valence-corrected chi connectivity index (χ3v) is 4.31. The lowest BCUT2D eigenvalue weighted by Gasteiger charge is -2.12. The second kappa shape index (κ2) is 9.66. The Morgan fingerprint density at radius 2 is 1.89 bits per heavy atom. The summed E-state index contributed by atoms with van der Waals surface area (Å²) in [6.45, 7) is 0.400. The Balaban J connectivity index is 1.81. The van der Waals surface area contributed by atoms with Gasteiger partial charge in [-0.3, -0.25) is 15.1 Å². The topological polar surface area (TPSA) is 75.6 Å². The minimum Gasteiger partial charge on any atom is -0.497 e. The molecule has 0 saturated carbocycles. The molecule has 2 aromatic carbocycles. The van der Waals surface area contributed by atoms with Crippen molar-refractivity contribution < 1.29 is 9.53 Å². The van der Waals surface area contributed by atoms with Crippen LogP contribution >= 0.6 is 15.9 Å². The van der Waals surface area contributed by atoms with Crippen LogP contribution in [0.3, 0.4) is 0 Å². The van der Waals surface area contributed by atoms with Gasteiger partial charge in [0.2, 0.25) is 5.96 Å². The zero-order valence-electron chi connectivity index (χ0n) is 15.2. The van der Waals surface area contributed by atoms with Gasteiger partial charge in [-0.05, 0) is 54.1 Å². The summed E-state index contributed by atoms with van der Waals surface area (Å²) in [5.74, 6) is 0.681. The highest BCUT2D eigenvalue weighted by atomic mass is 79.9. The maximum Gasteiger partial charge on any atom is 0.258 e. The van der Waals surface area contributed by atoms with Gasteiger partial charge in [0.25, 0.3) is 5.91 Å². The number of benzene rings is 2. The smallest absolute Gasteiger partial charge is 0.258 e. The molecule has 1 aromatic heterocycles.